The zero-order valence-corrected chi connectivity index (χ0v) is 14.5. The molecule has 0 bridgehead atoms. The SMILES string of the molecule is O=C(c1ccsc1)N1CCC[C@@]2(COCCN(CC3CC3)C2)C1. The summed E-state index contributed by atoms with van der Waals surface area (Å²) in [5.41, 5.74) is 0.978. The second kappa shape index (κ2) is 6.54. The maximum Gasteiger partial charge on any atom is 0.254 e. The number of hydrogen-bond acceptors (Lipinski definition) is 4. The van der Waals surface area contributed by atoms with Crippen LogP contribution in [0.1, 0.15) is 36.0 Å². The summed E-state index contributed by atoms with van der Waals surface area (Å²) >= 11 is 1.60. The Morgan fingerprint density at radius 2 is 2.26 bits per heavy atom. The Balaban J connectivity index is 1.46. The number of carbonyl (C=O) groups is 1. The van der Waals surface area contributed by atoms with Crippen LogP contribution in [0.25, 0.3) is 0 Å². The Morgan fingerprint density at radius 1 is 1.35 bits per heavy atom. The molecule has 2 saturated heterocycles. The normalized spacial score (nSPS) is 29.7. The molecular weight excluding hydrogens is 308 g/mol. The van der Waals surface area contributed by atoms with Gasteiger partial charge in [0.1, 0.15) is 0 Å². The van der Waals surface area contributed by atoms with Gasteiger partial charge in [-0.25, -0.2) is 0 Å². The zero-order chi connectivity index (χ0) is 15.7. The quantitative estimate of drug-likeness (QED) is 0.852. The monoisotopic (exact) mass is 334 g/mol. The number of carbonyl (C=O) groups excluding carboxylic acids is 1. The summed E-state index contributed by atoms with van der Waals surface area (Å²) in [6.07, 6.45) is 5.07. The molecule has 23 heavy (non-hydrogen) atoms. The first-order valence-electron chi connectivity index (χ1n) is 8.86. The Labute approximate surface area is 142 Å². The maximum atomic E-state index is 12.7. The fraction of sp³-hybridized carbons (Fsp3) is 0.722. The van der Waals surface area contributed by atoms with E-state index in [1.54, 1.807) is 11.3 Å². The van der Waals surface area contributed by atoms with Crippen molar-refractivity contribution < 1.29 is 9.53 Å². The molecule has 0 unspecified atom stereocenters. The van der Waals surface area contributed by atoms with Crippen molar-refractivity contribution in [3.05, 3.63) is 22.4 Å². The van der Waals surface area contributed by atoms with Crippen molar-refractivity contribution in [2.45, 2.75) is 25.7 Å². The lowest BCUT2D eigenvalue weighted by Crippen LogP contribution is -2.52. The van der Waals surface area contributed by atoms with Crippen molar-refractivity contribution in [2.24, 2.45) is 11.3 Å². The Morgan fingerprint density at radius 3 is 3.04 bits per heavy atom. The van der Waals surface area contributed by atoms with E-state index in [1.807, 2.05) is 16.8 Å². The second-order valence-corrected chi connectivity index (χ2v) is 8.35. The van der Waals surface area contributed by atoms with Crippen molar-refractivity contribution in [1.29, 1.82) is 0 Å². The summed E-state index contributed by atoms with van der Waals surface area (Å²) in [5.74, 6) is 1.11. The van der Waals surface area contributed by atoms with Crippen LogP contribution in [-0.2, 0) is 4.74 Å². The van der Waals surface area contributed by atoms with E-state index in [4.69, 9.17) is 4.74 Å². The van der Waals surface area contributed by atoms with E-state index in [-0.39, 0.29) is 11.3 Å². The molecule has 2 aliphatic heterocycles. The standard InChI is InChI=1S/C18H26N2O2S/c21-17(16-4-9-23-11-16)20-6-1-5-18(13-20)12-19(7-8-22-14-18)10-15-2-3-15/h4,9,11,15H,1-3,5-8,10,12-14H2/t18-/m0/s1. The van der Waals surface area contributed by atoms with Crippen molar-refractivity contribution >= 4 is 17.2 Å². The van der Waals surface area contributed by atoms with E-state index in [0.29, 0.717) is 0 Å². The molecule has 126 valence electrons. The summed E-state index contributed by atoms with van der Waals surface area (Å²) in [6.45, 7) is 6.76. The van der Waals surface area contributed by atoms with Gasteiger partial charge >= 0.3 is 0 Å². The van der Waals surface area contributed by atoms with E-state index >= 15 is 0 Å². The van der Waals surface area contributed by atoms with E-state index in [0.717, 1.165) is 57.3 Å². The third-order valence-electron chi connectivity index (χ3n) is 5.45. The highest BCUT2D eigenvalue weighted by Crippen LogP contribution is 2.36. The predicted octanol–water partition coefficient (Wildman–Crippen LogP) is 2.71. The lowest BCUT2D eigenvalue weighted by atomic mass is 9.80. The van der Waals surface area contributed by atoms with Crippen LogP contribution in [0.15, 0.2) is 16.8 Å². The lowest BCUT2D eigenvalue weighted by molar-refractivity contribution is 0.00720. The van der Waals surface area contributed by atoms with Crippen molar-refractivity contribution in [1.82, 2.24) is 9.80 Å². The van der Waals surface area contributed by atoms with Crippen LogP contribution >= 0.6 is 11.3 Å². The van der Waals surface area contributed by atoms with Crippen LogP contribution in [0.2, 0.25) is 0 Å². The van der Waals surface area contributed by atoms with Crippen LogP contribution in [0, 0.1) is 11.3 Å². The van der Waals surface area contributed by atoms with Gasteiger partial charge in [-0.15, -0.1) is 0 Å². The smallest absolute Gasteiger partial charge is 0.254 e. The van der Waals surface area contributed by atoms with E-state index in [1.165, 1.54) is 25.8 Å². The van der Waals surface area contributed by atoms with Gasteiger partial charge in [-0.1, -0.05) is 0 Å². The number of amides is 1. The Hall–Kier alpha value is -0.910. The molecule has 3 aliphatic rings. The van der Waals surface area contributed by atoms with Gasteiger partial charge in [-0.3, -0.25) is 4.79 Å². The third kappa shape index (κ3) is 3.62. The van der Waals surface area contributed by atoms with Crippen LogP contribution in [0.3, 0.4) is 0 Å². The molecular formula is C18H26N2O2S. The van der Waals surface area contributed by atoms with Gasteiger partial charge in [-0.05, 0) is 43.0 Å². The number of nitrogens with zero attached hydrogens (tertiary/aromatic N) is 2. The summed E-state index contributed by atoms with van der Waals surface area (Å²) in [7, 11) is 0. The molecule has 1 spiro atoms. The molecule has 0 aromatic carbocycles. The topological polar surface area (TPSA) is 32.8 Å². The van der Waals surface area contributed by atoms with Gasteiger partial charge in [-0.2, -0.15) is 11.3 Å². The fourth-order valence-corrected chi connectivity index (χ4v) is 4.73. The first-order chi connectivity index (χ1) is 11.2. The minimum atomic E-state index is 0.134. The lowest BCUT2D eigenvalue weighted by Gasteiger charge is -2.43. The summed E-state index contributed by atoms with van der Waals surface area (Å²) < 4.78 is 5.96. The number of hydrogen-bond donors (Lipinski definition) is 0. The zero-order valence-electron chi connectivity index (χ0n) is 13.7. The molecule has 3 heterocycles. The van der Waals surface area contributed by atoms with Gasteiger partial charge in [0.25, 0.3) is 5.91 Å². The maximum absolute atomic E-state index is 12.7. The van der Waals surface area contributed by atoms with E-state index < -0.39 is 0 Å². The summed E-state index contributed by atoms with van der Waals surface area (Å²) in [4.78, 5) is 17.4. The molecule has 1 saturated carbocycles. The summed E-state index contributed by atoms with van der Waals surface area (Å²) in [5, 5.41) is 3.95. The average Bonchev–Trinajstić information content (AvgIpc) is 3.24. The predicted molar refractivity (Wildman–Crippen MR) is 91.9 cm³/mol. The van der Waals surface area contributed by atoms with Crippen LogP contribution in [0.4, 0.5) is 0 Å². The highest BCUT2D eigenvalue weighted by Gasteiger charge is 2.41. The van der Waals surface area contributed by atoms with Gasteiger partial charge < -0.3 is 14.5 Å². The minimum Gasteiger partial charge on any atom is -0.379 e. The second-order valence-electron chi connectivity index (χ2n) is 7.57. The van der Waals surface area contributed by atoms with Crippen LogP contribution < -0.4 is 0 Å². The highest BCUT2D eigenvalue weighted by atomic mass is 32.1. The summed E-state index contributed by atoms with van der Waals surface area (Å²) in [6, 6.07) is 1.94. The molecule has 3 fully saturated rings. The largest absolute Gasteiger partial charge is 0.379 e. The van der Waals surface area contributed by atoms with Crippen molar-refractivity contribution in [2.75, 3.05) is 45.9 Å². The highest BCUT2D eigenvalue weighted by molar-refractivity contribution is 7.08. The number of piperidine rings is 1. The number of likely N-dealkylation sites (tertiary alicyclic amines) is 1. The number of thiophene rings is 1. The molecule has 1 amide bonds. The minimum absolute atomic E-state index is 0.134. The third-order valence-corrected chi connectivity index (χ3v) is 6.13. The molecule has 5 heteroatoms. The van der Waals surface area contributed by atoms with Crippen molar-refractivity contribution in [3.63, 3.8) is 0 Å². The molecule has 0 radical (unpaired) electrons. The fourth-order valence-electron chi connectivity index (χ4n) is 4.10. The van der Waals surface area contributed by atoms with Gasteiger partial charge in [0.2, 0.25) is 0 Å². The van der Waals surface area contributed by atoms with Gasteiger partial charge in [0, 0.05) is 43.5 Å². The molecule has 1 aromatic rings. The first-order valence-corrected chi connectivity index (χ1v) is 9.80. The van der Waals surface area contributed by atoms with Crippen LogP contribution in [-0.4, -0.2) is 61.6 Å². The average molecular weight is 334 g/mol. The van der Waals surface area contributed by atoms with Gasteiger partial charge in [0.05, 0.1) is 18.8 Å². The van der Waals surface area contributed by atoms with Gasteiger partial charge in [0.15, 0.2) is 0 Å². The first kappa shape index (κ1) is 15.6. The van der Waals surface area contributed by atoms with Crippen LogP contribution in [0.5, 0.6) is 0 Å². The van der Waals surface area contributed by atoms with E-state index in [9.17, 15) is 4.79 Å². The Bertz CT molecular complexity index is 543. The number of ether oxygens (including phenoxy) is 1. The molecule has 4 nitrogen and oxygen atoms in total. The molecule has 1 aliphatic carbocycles. The molecule has 1 aromatic heterocycles. The molecule has 4 rings (SSSR count). The van der Waals surface area contributed by atoms with Crippen molar-refractivity contribution in [3.8, 4) is 0 Å². The molecule has 0 N–H and O–H groups in total. The molecule has 1 atom stereocenters. The number of rotatable bonds is 3. The Kier molecular flexibility index (Phi) is 4.43. The van der Waals surface area contributed by atoms with E-state index in [2.05, 4.69) is 9.80 Å².